The summed E-state index contributed by atoms with van der Waals surface area (Å²) < 4.78 is 30.4. The predicted octanol–water partition coefficient (Wildman–Crippen LogP) is 4.38. The third kappa shape index (κ3) is 5.13. The highest BCUT2D eigenvalue weighted by molar-refractivity contribution is 7.87. The number of carbonyl (C=O) groups is 1. The van der Waals surface area contributed by atoms with Gasteiger partial charge in [0.2, 0.25) is 0 Å². The van der Waals surface area contributed by atoms with Gasteiger partial charge in [-0.25, -0.2) is 0 Å². The molecule has 0 unspecified atom stereocenters. The molecule has 0 saturated heterocycles. The minimum absolute atomic E-state index is 0.144. The smallest absolute Gasteiger partial charge is 0.339 e. The molecule has 0 bridgehead atoms. The molecule has 0 heterocycles. The zero-order chi connectivity index (χ0) is 20.1. The third-order valence-corrected chi connectivity index (χ3v) is 6.60. The van der Waals surface area contributed by atoms with Crippen LogP contribution in [-0.4, -0.2) is 20.9 Å². The van der Waals surface area contributed by atoms with Gasteiger partial charge in [-0.1, -0.05) is 31.4 Å². The number of benzene rings is 2. The van der Waals surface area contributed by atoms with E-state index in [1.165, 1.54) is 44.2 Å². The number of amides is 1. The summed E-state index contributed by atoms with van der Waals surface area (Å²) in [5, 5.41) is 2.98. The van der Waals surface area contributed by atoms with Crippen LogP contribution in [0.4, 0.5) is 0 Å². The van der Waals surface area contributed by atoms with Gasteiger partial charge in [0, 0.05) is 12.1 Å². The molecule has 6 heteroatoms. The van der Waals surface area contributed by atoms with Gasteiger partial charge in [-0.2, -0.15) is 8.42 Å². The maximum Gasteiger partial charge on any atom is 0.339 e. The number of aryl methyl sites for hydroxylation is 2. The quantitative estimate of drug-likeness (QED) is 0.729. The summed E-state index contributed by atoms with van der Waals surface area (Å²) in [7, 11) is -3.92. The lowest BCUT2D eigenvalue weighted by Gasteiger charge is -2.21. The Morgan fingerprint density at radius 3 is 2.39 bits per heavy atom. The lowest BCUT2D eigenvalue weighted by molar-refractivity contribution is 0.0943. The average molecular weight is 402 g/mol. The number of hydrogen-bond acceptors (Lipinski definition) is 4. The van der Waals surface area contributed by atoms with Crippen molar-refractivity contribution in [3.8, 4) is 5.75 Å². The predicted molar refractivity (Wildman–Crippen MR) is 109 cm³/mol. The number of rotatable bonds is 6. The van der Waals surface area contributed by atoms with Crippen LogP contribution in [0.1, 0.15) is 53.6 Å². The summed E-state index contributed by atoms with van der Waals surface area (Å²) >= 11 is 0. The van der Waals surface area contributed by atoms with Gasteiger partial charge < -0.3 is 9.50 Å². The van der Waals surface area contributed by atoms with Gasteiger partial charge in [-0.05, 0) is 74.1 Å². The van der Waals surface area contributed by atoms with E-state index in [0.717, 1.165) is 5.56 Å². The van der Waals surface area contributed by atoms with E-state index in [1.54, 1.807) is 31.2 Å². The Kier molecular flexibility index (Phi) is 6.39. The van der Waals surface area contributed by atoms with Crippen molar-refractivity contribution in [3.05, 3.63) is 59.2 Å². The SMILES string of the molecule is Cc1ccc(C)c(S(=O)(=O)Oc2ccc(C(=O)NCC3CCCCC3)cc2)c1. The topological polar surface area (TPSA) is 72.5 Å². The summed E-state index contributed by atoms with van der Waals surface area (Å²) in [4.78, 5) is 12.5. The highest BCUT2D eigenvalue weighted by Gasteiger charge is 2.20. The molecule has 0 aliphatic heterocycles. The van der Waals surface area contributed by atoms with E-state index in [0.29, 0.717) is 23.6 Å². The fraction of sp³-hybridized carbons (Fsp3) is 0.409. The standard InChI is InChI=1S/C22H27NO4S/c1-16-8-9-17(2)21(14-16)28(25,26)27-20-12-10-19(11-13-20)22(24)23-15-18-6-4-3-5-7-18/h8-14,18H,3-7,15H2,1-2H3,(H,23,24). The molecule has 150 valence electrons. The van der Waals surface area contributed by atoms with E-state index in [1.807, 2.05) is 13.0 Å². The molecule has 5 nitrogen and oxygen atoms in total. The second-order valence-electron chi connectivity index (χ2n) is 7.54. The fourth-order valence-electron chi connectivity index (χ4n) is 3.54. The number of carbonyl (C=O) groups excluding carboxylic acids is 1. The van der Waals surface area contributed by atoms with Crippen molar-refractivity contribution in [1.82, 2.24) is 5.32 Å². The molecule has 1 aliphatic carbocycles. The van der Waals surface area contributed by atoms with E-state index in [9.17, 15) is 13.2 Å². The zero-order valence-electron chi connectivity index (χ0n) is 16.4. The first kappa shape index (κ1) is 20.4. The van der Waals surface area contributed by atoms with Gasteiger partial charge in [0.15, 0.2) is 0 Å². The average Bonchev–Trinajstić information content (AvgIpc) is 2.69. The number of nitrogens with one attached hydrogen (secondary N) is 1. The van der Waals surface area contributed by atoms with Gasteiger partial charge in [-0.3, -0.25) is 4.79 Å². The Labute approximate surface area is 167 Å². The summed E-state index contributed by atoms with van der Waals surface area (Å²) in [6.07, 6.45) is 6.10. The number of hydrogen-bond donors (Lipinski definition) is 1. The van der Waals surface area contributed by atoms with Gasteiger partial charge in [0.05, 0.1) is 0 Å². The van der Waals surface area contributed by atoms with Crippen LogP contribution in [0.3, 0.4) is 0 Å². The minimum atomic E-state index is -3.92. The first-order valence-corrected chi connectivity index (χ1v) is 11.2. The Bertz CT molecular complexity index is 930. The minimum Gasteiger partial charge on any atom is -0.379 e. The van der Waals surface area contributed by atoms with Crippen LogP contribution in [0.15, 0.2) is 47.4 Å². The van der Waals surface area contributed by atoms with E-state index in [-0.39, 0.29) is 16.6 Å². The molecular weight excluding hydrogens is 374 g/mol. The molecule has 28 heavy (non-hydrogen) atoms. The zero-order valence-corrected chi connectivity index (χ0v) is 17.2. The van der Waals surface area contributed by atoms with Crippen molar-refractivity contribution < 1.29 is 17.4 Å². The van der Waals surface area contributed by atoms with Crippen LogP contribution in [0.5, 0.6) is 5.75 Å². The molecule has 0 aromatic heterocycles. The highest BCUT2D eigenvalue weighted by Crippen LogP contribution is 2.24. The van der Waals surface area contributed by atoms with Crippen molar-refractivity contribution in [2.75, 3.05) is 6.54 Å². The molecule has 1 amide bonds. The van der Waals surface area contributed by atoms with E-state index >= 15 is 0 Å². The lowest BCUT2D eigenvalue weighted by atomic mass is 9.89. The van der Waals surface area contributed by atoms with Gasteiger partial charge in [0.25, 0.3) is 5.91 Å². The normalized spacial score (nSPS) is 15.2. The lowest BCUT2D eigenvalue weighted by Crippen LogP contribution is -2.30. The van der Waals surface area contributed by atoms with Gasteiger partial charge >= 0.3 is 10.1 Å². The molecule has 0 spiro atoms. The summed E-state index contributed by atoms with van der Waals surface area (Å²) in [5.74, 6) is 0.599. The molecular formula is C22H27NO4S. The van der Waals surface area contributed by atoms with Crippen LogP contribution in [-0.2, 0) is 10.1 Å². The maximum atomic E-state index is 12.6. The van der Waals surface area contributed by atoms with Crippen molar-refractivity contribution >= 4 is 16.0 Å². The molecule has 3 rings (SSSR count). The summed E-state index contributed by atoms with van der Waals surface area (Å²) in [6, 6.07) is 11.4. The highest BCUT2D eigenvalue weighted by atomic mass is 32.2. The first-order chi connectivity index (χ1) is 13.3. The van der Waals surface area contributed by atoms with Crippen LogP contribution in [0.25, 0.3) is 0 Å². The van der Waals surface area contributed by atoms with Crippen molar-refractivity contribution in [3.63, 3.8) is 0 Å². The van der Waals surface area contributed by atoms with Crippen molar-refractivity contribution in [2.24, 2.45) is 5.92 Å². The fourth-order valence-corrected chi connectivity index (χ4v) is 4.79. The Hall–Kier alpha value is -2.34. The Balaban J connectivity index is 1.63. The molecule has 2 aromatic rings. The molecule has 1 N–H and O–H groups in total. The van der Waals surface area contributed by atoms with E-state index in [4.69, 9.17) is 4.18 Å². The monoisotopic (exact) mass is 401 g/mol. The van der Waals surface area contributed by atoms with Crippen LogP contribution < -0.4 is 9.50 Å². The first-order valence-electron chi connectivity index (χ1n) is 9.75. The van der Waals surface area contributed by atoms with Crippen LogP contribution >= 0.6 is 0 Å². The van der Waals surface area contributed by atoms with E-state index < -0.39 is 10.1 Å². The van der Waals surface area contributed by atoms with Crippen LogP contribution in [0, 0.1) is 19.8 Å². The van der Waals surface area contributed by atoms with Crippen molar-refractivity contribution in [2.45, 2.75) is 50.8 Å². The Morgan fingerprint density at radius 2 is 1.71 bits per heavy atom. The molecule has 1 saturated carbocycles. The second kappa shape index (κ2) is 8.78. The second-order valence-corrected chi connectivity index (χ2v) is 9.06. The largest absolute Gasteiger partial charge is 0.379 e. The molecule has 0 radical (unpaired) electrons. The molecule has 1 aliphatic rings. The van der Waals surface area contributed by atoms with Gasteiger partial charge in [-0.15, -0.1) is 0 Å². The third-order valence-electron chi connectivity index (χ3n) is 5.21. The van der Waals surface area contributed by atoms with E-state index in [2.05, 4.69) is 5.32 Å². The van der Waals surface area contributed by atoms with Crippen molar-refractivity contribution in [1.29, 1.82) is 0 Å². The molecule has 1 fully saturated rings. The molecule has 2 aromatic carbocycles. The summed E-state index contributed by atoms with van der Waals surface area (Å²) in [6.45, 7) is 4.26. The summed E-state index contributed by atoms with van der Waals surface area (Å²) in [5.41, 5.74) is 1.97. The van der Waals surface area contributed by atoms with Gasteiger partial charge in [0.1, 0.15) is 10.6 Å². The molecule has 0 atom stereocenters. The van der Waals surface area contributed by atoms with Crippen LogP contribution in [0.2, 0.25) is 0 Å². The maximum absolute atomic E-state index is 12.6. The Morgan fingerprint density at radius 1 is 1.04 bits per heavy atom.